The molecule has 4 nitrogen and oxygen atoms in total. The van der Waals surface area contributed by atoms with Crippen LogP contribution in [0.4, 0.5) is 0 Å². The second-order valence-electron chi connectivity index (χ2n) is 3.82. The van der Waals surface area contributed by atoms with E-state index in [-0.39, 0.29) is 12.4 Å². The van der Waals surface area contributed by atoms with Gasteiger partial charge < -0.3 is 9.47 Å². The second kappa shape index (κ2) is 6.60. The number of rotatable bonds is 4. The lowest BCUT2D eigenvalue weighted by Gasteiger charge is -2.07. The first-order valence-electron chi connectivity index (χ1n) is 5.77. The Balaban J connectivity index is 1.93. The molecule has 100 valence electrons. The van der Waals surface area contributed by atoms with Gasteiger partial charge in [-0.25, -0.2) is 4.79 Å². The molecule has 0 atom stereocenters. The van der Waals surface area contributed by atoms with Crippen molar-refractivity contribution in [1.82, 2.24) is 0 Å². The van der Waals surface area contributed by atoms with E-state index in [2.05, 4.69) is 0 Å². The third-order valence-electron chi connectivity index (χ3n) is 2.40. The van der Waals surface area contributed by atoms with Crippen LogP contribution in [-0.2, 0) is 4.79 Å². The Morgan fingerprint density at radius 3 is 2.55 bits per heavy atom. The third-order valence-corrected chi connectivity index (χ3v) is 2.65. The zero-order valence-corrected chi connectivity index (χ0v) is 11.1. The molecule has 0 unspecified atom stereocenters. The number of hydrogen-bond donors (Lipinski definition) is 0. The molecule has 0 fully saturated rings. The molecular formula is C15H10ClNO3. The van der Waals surface area contributed by atoms with Crippen LogP contribution in [0.15, 0.2) is 48.5 Å². The largest absolute Gasteiger partial charge is 0.482 e. The number of halogens is 1. The van der Waals surface area contributed by atoms with E-state index in [0.717, 1.165) is 0 Å². The van der Waals surface area contributed by atoms with Crippen LogP contribution in [0, 0.1) is 11.3 Å². The summed E-state index contributed by atoms with van der Waals surface area (Å²) in [6.45, 7) is -0.249. The van der Waals surface area contributed by atoms with Crippen LogP contribution < -0.4 is 9.47 Å². The maximum Gasteiger partial charge on any atom is 0.349 e. The van der Waals surface area contributed by atoms with Gasteiger partial charge in [-0.1, -0.05) is 23.7 Å². The molecule has 0 saturated heterocycles. The van der Waals surface area contributed by atoms with E-state index < -0.39 is 5.97 Å². The molecular weight excluding hydrogens is 278 g/mol. The molecule has 0 saturated carbocycles. The van der Waals surface area contributed by atoms with Gasteiger partial charge in [0.05, 0.1) is 5.56 Å². The molecule has 0 aliphatic rings. The lowest BCUT2D eigenvalue weighted by molar-refractivity contribution is -0.136. The minimum atomic E-state index is -0.581. The highest BCUT2D eigenvalue weighted by molar-refractivity contribution is 6.30. The van der Waals surface area contributed by atoms with Gasteiger partial charge in [-0.15, -0.1) is 0 Å². The maximum absolute atomic E-state index is 11.6. The van der Waals surface area contributed by atoms with E-state index >= 15 is 0 Å². The third kappa shape index (κ3) is 3.74. The van der Waals surface area contributed by atoms with E-state index in [1.165, 1.54) is 0 Å². The van der Waals surface area contributed by atoms with Crippen molar-refractivity contribution < 1.29 is 14.3 Å². The Kier molecular flexibility index (Phi) is 4.59. The van der Waals surface area contributed by atoms with E-state index in [4.69, 9.17) is 26.3 Å². The number of nitriles is 1. The number of esters is 1. The van der Waals surface area contributed by atoms with Crippen LogP contribution in [0.3, 0.4) is 0 Å². The van der Waals surface area contributed by atoms with Gasteiger partial charge in [-0.3, -0.25) is 0 Å². The minimum absolute atomic E-state index is 0.222. The van der Waals surface area contributed by atoms with Crippen LogP contribution in [-0.4, -0.2) is 12.6 Å². The molecule has 2 aromatic carbocycles. The quantitative estimate of drug-likeness (QED) is 0.640. The number of ether oxygens (including phenoxy) is 2. The molecule has 20 heavy (non-hydrogen) atoms. The summed E-state index contributed by atoms with van der Waals surface area (Å²) in [5.74, 6) is 0.155. The summed E-state index contributed by atoms with van der Waals surface area (Å²) in [7, 11) is 0. The summed E-state index contributed by atoms with van der Waals surface area (Å²) >= 11 is 5.74. The van der Waals surface area contributed by atoms with E-state index in [1.54, 1.807) is 48.5 Å². The molecule has 5 heteroatoms. The van der Waals surface area contributed by atoms with Gasteiger partial charge in [0.2, 0.25) is 0 Å². The van der Waals surface area contributed by atoms with Gasteiger partial charge in [0.1, 0.15) is 17.6 Å². The molecule has 2 aromatic rings. The van der Waals surface area contributed by atoms with Crippen molar-refractivity contribution in [3.8, 4) is 17.6 Å². The first-order valence-corrected chi connectivity index (χ1v) is 6.15. The number of para-hydroxylation sites is 1. The molecule has 0 amide bonds. The highest BCUT2D eigenvalue weighted by atomic mass is 35.5. The van der Waals surface area contributed by atoms with Crippen molar-refractivity contribution >= 4 is 17.6 Å². The monoisotopic (exact) mass is 287 g/mol. The Labute approximate surface area is 121 Å². The predicted molar refractivity (Wildman–Crippen MR) is 73.7 cm³/mol. The normalized spacial score (nSPS) is 9.60. The van der Waals surface area contributed by atoms with Crippen LogP contribution >= 0.6 is 11.6 Å². The fraction of sp³-hybridized carbons (Fsp3) is 0.0667. The van der Waals surface area contributed by atoms with Gasteiger partial charge in [-0.2, -0.15) is 5.26 Å². The predicted octanol–water partition coefficient (Wildman–Crippen LogP) is 3.20. The summed E-state index contributed by atoms with van der Waals surface area (Å²) < 4.78 is 10.3. The first kappa shape index (κ1) is 13.9. The van der Waals surface area contributed by atoms with Crippen molar-refractivity contribution in [2.75, 3.05) is 6.61 Å². The topological polar surface area (TPSA) is 59.3 Å². The first-order chi connectivity index (χ1) is 9.69. The Bertz CT molecular complexity index is 647. The fourth-order valence-electron chi connectivity index (χ4n) is 1.47. The lowest BCUT2D eigenvalue weighted by atomic mass is 10.2. The average molecular weight is 288 g/mol. The number of nitrogens with zero attached hydrogens (tertiary/aromatic N) is 1. The molecule has 0 N–H and O–H groups in total. The van der Waals surface area contributed by atoms with E-state index in [0.29, 0.717) is 16.3 Å². The molecule has 0 heterocycles. The Morgan fingerprint density at radius 1 is 1.15 bits per heavy atom. The number of hydrogen-bond acceptors (Lipinski definition) is 4. The van der Waals surface area contributed by atoms with Crippen LogP contribution in [0.2, 0.25) is 5.02 Å². The summed E-state index contributed by atoms with van der Waals surface area (Å²) in [5, 5.41) is 9.47. The van der Waals surface area contributed by atoms with Gasteiger partial charge in [0, 0.05) is 5.02 Å². The Morgan fingerprint density at radius 2 is 1.85 bits per heavy atom. The number of carbonyl (C=O) groups excluding carboxylic acids is 1. The molecule has 0 radical (unpaired) electrons. The highest BCUT2D eigenvalue weighted by Gasteiger charge is 2.09. The highest BCUT2D eigenvalue weighted by Crippen LogP contribution is 2.18. The van der Waals surface area contributed by atoms with Gasteiger partial charge in [0.25, 0.3) is 0 Å². The number of carbonyl (C=O) groups is 1. The minimum Gasteiger partial charge on any atom is -0.482 e. The molecule has 0 aromatic heterocycles. The molecule has 2 rings (SSSR count). The van der Waals surface area contributed by atoms with Crippen molar-refractivity contribution in [2.24, 2.45) is 0 Å². The lowest BCUT2D eigenvalue weighted by Crippen LogP contribution is -2.18. The van der Waals surface area contributed by atoms with Crippen molar-refractivity contribution in [3.63, 3.8) is 0 Å². The van der Waals surface area contributed by atoms with E-state index in [9.17, 15) is 4.79 Å². The zero-order valence-electron chi connectivity index (χ0n) is 10.4. The summed E-state index contributed by atoms with van der Waals surface area (Å²) in [5.41, 5.74) is 0.298. The summed E-state index contributed by atoms with van der Waals surface area (Å²) in [6.07, 6.45) is 0. The number of benzene rings is 2. The molecule has 0 aliphatic heterocycles. The Hall–Kier alpha value is -2.51. The van der Waals surface area contributed by atoms with Crippen LogP contribution in [0.25, 0.3) is 0 Å². The van der Waals surface area contributed by atoms with Crippen molar-refractivity contribution in [2.45, 2.75) is 0 Å². The van der Waals surface area contributed by atoms with Gasteiger partial charge in [0.15, 0.2) is 6.61 Å². The summed E-state index contributed by atoms with van der Waals surface area (Å²) in [4.78, 5) is 11.6. The molecule has 0 aliphatic carbocycles. The molecule has 0 bridgehead atoms. The average Bonchev–Trinajstić information content (AvgIpc) is 2.47. The van der Waals surface area contributed by atoms with Gasteiger partial charge in [-0.05, 0) is 36.4 Å². The SMILES string of the molecule is N#Cc1ccccc1OC(=O)COc1ccc(Cl)cc1. The smallest absolute Gasteiger partial charge is 0.349 e. The zero-order chi connectivity index (χ0) is 14.4. The molecule has 0 spiro atoms. The fourth-order valence-corrected chi connectivity index (χ4v) is 1.60. The second-order valence-corrected chi connectivity index (χ2v) is 4.26. The van der Waals surface area contributed by atoms with Crippen molar-refractivity contribution in [3.05, 3.63) is 59.1 Å². The van der Waals surface area contributed by atoms with Crippen LogP contribution in [0.1, 0.15) is 5.56 Å². The van der Waals surface area contributed by atoms with Crippen molar-refractivity contribution in [1.29, 1.82) is 5.26 Å². The van der Waals surface area contributed by atoms with E-state index in [1.807, 2.05) is 6.07 Å². The van der Waals surface area contributed by atoms with Gasteiger partial charge >= 0.3 is 5.97 Å². The van der Waals surface area contributed by atoms with Crippen LogP contribution in [0.5, 0.6) is 11.5 Å². The standard InChI is InChI=1S/C15H10ClNO3/c16-12-5-7-13(8-6-12)19-10-15(18)20-14-4-2-1-3-11(14)9-17/h1-8H,10H2. The summed E-state index contributed by atoms with van der Waals surface area (Å²) in [6, 6.07) is 15.1. The maximum atomic E-state index is 11.6.